The Balaban J connectivity index is 1.92. The first kappa shape index (κ1) is 13.3. The first-order valence-corrected chi connectivity index (χ1v) is 6.91. The first-order chi connectivity index (χ1) is 8.68. The van der Waals surface area contributed by atoms with E-state index in [1.54, 1.807) is 0 Å². The van der Waals surface area contributed by atoms with E-state index in [0.29, 0.717) is 6.42 Å². The van der Waals surface area contributed by atoms with Crippen LogP contribution in [0.2, 0.25) is 0 Å². The minimum Gasteiger partial charge on any atom is -0.481 e. The Morgan fingerprint density at radius 2 is 1.83 bits per heavy atom. The van der Waals surface area contributed by atoms with Crippen LogP contribution in [0.1, 0.15) is 32.1 Å². The topological polar surface area (TPSA) is 69.6 Å². The third-order valence-electron chi connectivity index (χ3n) is 4.02. The van der Waals surface area contributed by atoms with Gasteiger partial charge in [-0.1, -0.05) is 6.42 Å². The normalized spacial score (nSPS) is 29.7. The molecule has 0 aromatic carbocycles. The number of amides is 1. The van der Waals surface area contributed by atoms with E-state index in [2.05, 4.69) is 5.32 Å². The maximum absolute atomic E-state index is 12.4. The zero-order valence-corrected chi connectivity index (χ0v) is 10.7. The molecule has 18 heavy (non-hydrogen) atoms. The van der Waals surface area contributed by atoms with Crippen molar-refractivity contribution in [3.05, 3.63) is 0 Å². The third-order valence-corrected chi connectivity index (χ3v) is 4.02. The van der Waals surface area contributed by atoms with Crippen LogP contribution in [-0.4, -0.2) is 48.1 Å². The second-order valence-corrected chi connectivity index (χ2v) is 5.33. The van der Waals surface area contributed by atoms with Crippen molar-refractivity contribution >= 4 is 11.9 Å². The fourth-order valence-electron chi connectivity index (χ4n) is 2.96. The molecular weight excluding hydrogens is 232 g/mol. The van der Waals surface area contributed by atoms with Gasteiger partial charge in [0.05, 0.1) is 5.92 Å². The van der Waals surface area contributed by atoms with Crippen LogP contribution in [0.3, 0.4) is 0 Å². The SMILES string of the molecule is O=C(O)C1CCCC(C(=O)N2CCCNCC2)C1. The van der Waals surface area contributed by atoms with Crippen LogP contribution in [-0.2, 0) is 9.59 Å². The Bertz CT molecular complexity index is 311. The molecule has 0 spiro atoms. The molecule has 2 rings (SSSR count). The molecule has 2 fully saturated rings. The van der Waals surface area contributed by atoms with Gasteiger partial charge in [0.25, 0.3) is 0 Å². The maximum atomic E-state index is 12.4. The highest BCUT2D eigenvalue weighted by atomic mass is 16.4. The van der Waals surface area contributed by atoms with Gasteiger partial charge in [-0.25, -0.2) is 0 Å². The number of carboxylic acid groups (broad SMARTS) is 1. The van der Waals surface area contributed by atoms with Gasteiger partial charge in [0.2, 0.25) is 5.91 Å². The van der Waals surface area contributed by atoms with Gasteiger partial charge >= 0.3 is 5.97 Å². The Kier molecular flexibility index (Phi) is 4.58. The highest BCUT2D eigenvalue weighted by molar-refractivity contribution is 5.80. The van der Waals surface area contributed by atoms with Crippen LogP contribution in [0.5, 0.6) is 0 Å². The number of nitrogens with one attached hydrogen (secondary N) is 1. The molecule has 5 nitrogen and oxygen atoms in total. The van der Waals surface area contributed by atoms with E-state index in [4.69, 9.17) is 5.11 Å². The number of hydrogen-bond acceptors (Lipinski definition) is 3. The van der Waals surface area contributed by atoms with Gasteiger partial charge < -0.3 is 15.3 Å². The molecule has 2 unspecified atom stereocenters. The second kappa shape index (κ2) is 6.18. The number of nitrogens with zero attached hydrogens (tertiary/aromatic N) is 1. The van der Waals surface area contributed by atoms with E-state index in [-0.39, 0.29) is 17.7 Å². The minimum absolute atomic E-state index is 0.0713. The van der Waals surface area contributed by atoms with Gasteiger partial charge in [-0.05, 0) is 32.2 Å². The summed E-state index contributed by atoms with van der Waals surface area (Å²) >= 11 is 0. The summed E-state index contributed by atoms with van der Waals surface area (Å²) in [4.78, 5) is 25.3. The van der Waals surface area contributed by atoms with Gasteiger partial charge in [0.15, 0.2) is 0 Å². The quantitative estimate of drug-likeness (QED) is 0.761. The second-order valence-electron chi connectivity index (χ2n) is 5.33. The summed E-state index contributed by atoms with van der Waals surface area (Å²) in [7, 11) is 0. The van der Waals surface area contributed by atoms with Crippen molar-refractivity contribution in [1.82, 2.24) is 10.2 Å². The summed E-state index contributed by atoms with van der Waals surface area (Å²) in [5, 5.41) is 12.3. The molecule has 1 aliphatic heterocycles. The van der Waals surface area contributed by atoms with E-state index in [0.717, 1.165) is 51.9 Å². The average Bonchev–Trinajstić information content (AvgIpc) is 2.67. The van der Waals surface area contributed by atoms with Gasteiger partial charge in [-0.15, -0.1) is 0 Å². The number of hydrogen-bond donors (Lipinski definition) is 2. The molecule has 0 aromatic heterocycles. The molecule has 2 N–H and O–H groups in total. The Hall–Kier alpha value is -1.10. The van der Waals surface area contributed by atoms with Crippen LogP contribution in [0.25, 0.3) is 0 Å². The van der Waals surface area contributed by atoms with Crippen LogP contribution >= 0.6 is 0 Å². The van der Waals surface area contributed by atoms with Gasteiger partial charge in [0.1, 0.15) is 0 Å². The zero-order chi connectivity index (χ0) is 13.0. The van der Waals surface area contributed by atoms with Gasteiger partial charge in [0, 0.05) is 25.6 Å². The lowest BCUT2D eigenvalue weighted by atomic mass is 9.80. The van der Waals surface area contributed by atoms with Crippen molar-refractivity contribution in [3.63, 3.8) is 0 Å². The fraction of sp³-hybridized carbons (Fsp3) is 0.846. The zero-order valence-electron chi connectivity index (χ0n) is 10.7. The fourth-order valence-corrected chi connectivity index (χ4v) is 2.96. The molecule has 2 atom stereocenters. The number of aliphatic carboxylic acids is 1. The molecular formula is C13H22N2O3. The van der Waals surface area contributed by atoms with E-state index in [9.17, 15) is 9.59 Å². The van der Waals surface area contributed by atoms with Crippen LogP contribution < -0.4 is 5.32 Å². The van der Waals surface area contributed by atoms with E-state index in [1.165, 1.54) is 0 Å². The van der Waals surface area contributed by atoms with Crippen molar-refractivity contribution in [3.8, 4) is 0 Å². The van der Waals surface area contributed by atoms with E-state index < -0.39 is 5.97 Å². The van der Waals surface area contributed by atoms with E-state index in [1.807, 2.05) is 4.90 Å². The maximum Gasteiger partial charge on any atom is 0.306 e. The van der Waals surface area contributed by atoms with Crippen molar-refractivity contribution in [1.29, 1.82) is 0 Å². The molecule has 1 saturated carbocycles. The molecule has 1 saturated heterocycles. The Morgan fingerprint density at radius 1 is 1.06 bits per heavy atom. The highest BCUT2D eigenvalue weighted by Gasteiger charge is 2.33. The molecule has 102 valence electrons. The van der Waals surface area contributed by atoms with E-state index >= 15 is 0 Å². The molecule has 2 aliphatic rings. The van der Waals surface area contributed by atoms with Crippen LogP contribution in [0.4, 0.5) is 0 Å². The van der Waals surface area contributed by atoms with Crippen molar-refractivity contribution < 1.29 is 14.7 Å². The number of rotatable bonds is 2. The predicted molar refractivity (Wildman–Crippen MR) is 67.2 cm³/mol. The molecule has 1 amide bonds. The molecule has 5 heteroatoms. The smallest absolute Gasteiger partial charge is 0.306 e. The Labute approximate surface area is 108 Å². The summed E-state index contributed by atoms with van der Waals surface area (Å²) < 4.78 is 0. The summed E-state index contributed by atoms with van der Waals surface area (Å²) in [6, 6.07) is 0. The molecule has 0 bridgehead atoms. The summed E-state index contributed by atoms with van der Waals surface area (Å²) in [5.74, 6) is -0.967. The minimum atomic E-state index is -0.745. The third kappa shape index (κ3) is 3.22. The summed E-state index contributed by atoms with van der Waals surface area (Å²) in [5.41, 5.74) is 0. The molecule has 0 aromatic rings. The summed E-state index contributed by atoms with van der Waals surface area (Å²) in [6.07, 6.45) is 3.95. The van der Waals surface area contributed by atoms with Gasteiger partial charge in [-0.2, -0.15) is 0 Å². The lowest BCUT2D eigenvalue weighted by Gasteiger charge is -2.30. The molecule has 1 aliphatic carbocycles. The largest absolute Gasteiger partial charge is 0.481 e. The highest BCUT2D eigenvalue weighted by Crippen LogP contribution is 2.30. The Morgan fingerprint density at radius 3 is 2.61 bits per heavy atom. The van der Waals surface area contributed by atoms with Crippen molar-refractivity contribution in [2.24, 2.45) is 11.8 Å². The van der Waals surface area contributed by atoms with Gasteiger partial charge in [-0.3, -0.25) is 9.59 Å². The van der Waals surface area contributed by atoms with Crippen molar-refractivity contribution in [2.75, 3.05) is 26.2 Å². The molecule has 0 radical (unpaired) electrons. The molecule has 1 heterocycles. The number of carbonyl (C=O) groups is 2. The predicted octanol–water partition coefficient (Wildman–Crippen LogP) is 0.699. The first-order valence-electron chi connectivity index (χ1n) is 6.91. The lowest BCUT2D eigenvalue weighted by Crippen LogP contribution is -2.40. The average molecular weight is 254 g/mol. The van der Waals surface area contributed by atoms with Crippen molar-refractivity contribution in [2.45, 2.75) is 32.1 Å². The van der Waals surface area contributed by atoms with Crippen LogP contribution in [0.15, 0.2) is 0 Å². The monoisotopic (exact) mass is 254 g/mol. The lowest BCUT2D eigenvalue weighted by molar-refractivity contribution is -0.145. The summed E-state index contributed by atoms with van der Waals surface area (Å²) in [6.45, 7) is 3.38. The number of carboxylic acids is 1. The van der Waals surface area contributed by atoms with Crippen LogP contribution in [0, 0.1) is 11.8 Å². The number of carbonyl (C=O) groups excluding carboxylic acids is 1. The standard InChI is InChI=1S/C13H22N2O3/c16-12(15-7-2-5-14-6-8-15)10-3-1-4-11(9-10)13(17)18/h10-11,14H,1-9H2,(H,17,18).